The van der Waals surface area contributed by atoms with E-state index in [1.54, 1.807) is 7.11 Å². The molecule has 1 N–H and O–H groups in total. The van der Waals surface area contributed by atoms with Crippen molar-refractivity contribution < 1.29 is 14.6 Å². The van der Waals surface area contributed by atoms with Crippen molar-refractivity contribution in [3.8, 4) is 11.5 Å². The van der Waals surface area contributed by atoms with Crippen molar-refractivity contribution in [2.45, 2.75) is 52.1 Å². The molecule has 0 saturated heterocycles. The second-order valence-electron chi connectivity index (χ2n) is 7.48. The van der Waals surface area contributed by atoms with Crippen molar-refractivity contribution in [2.24, 2.45) is 0 Å². The second kappa shape index (κ2) is 11.8. The van der Waals surface area contributed by atoms with E-state index in [0.717, 1.165) is 42.9 Å². The minimum Gasteiger partial charge on any atom is -0.496 e. The van der Waals surface area contributed by atoms with Crippen LogP contribution in [0.2, 0.25) is 0 Å². The Bertz CT molecular complexity index is 710. The van der Waals surface area contributed by atoms with E-state index in [1.165, 1.54) is 12.8 Å². The Hall–Kier alpha value is -2.04. The summed E-state index contributed by atoms with van der Waals surface area (Å²) in [5.74, 6) is 1.53. The van der Waals surface area contributed by atoms with Gasteiger partial charge in [0.2, 0.25) is 0 Å². The summed E-state index contributed by atoms with van der Waals surface area (Å²) < 4.78 is 11.4. The predicted molar refractivity (Wildman–Crippen MR) is 120 cm³/mol. The van der Waals surface area contributed by atoms with Crippen LogP contribution in [0.4, 0.5) is 0 Å². The quantitative estimate of drug-likeness (QED) is 0.468. The van der Waals surface area contributed by atoms with E-state index in [9.17, 15) is 5.11 Å². The zero-order valence-corrected chi connectivity index (χ0v) is 18.5. The van der Waals surface area contributed by atoms with Gasteiger partial charge in [-0.25, -0.2) is 0 Å². The minimum absolute atomic E-state index is 0.554. The van der Waals surface area contributed by atoms with Gasteiger partial charge < -0.3 is 19.5 Å². The molecule has 4 heteroatoms. The Morgan fingerprint density at radius 2 is 1.55 bits per heavy atom. The van der Waals surface area contributed by atoms with Crippen molar-refractivity contribution in [1.29, 1.82) is 0 Å². The van der Waals surface area contributed by atoms with Crippen molar-refractivity contribution in [3.05, 3.63) is 59.7 Å². The van der Waals surface area contributed by atoms with E-state index in [-0.39, 0.29) is 0 Å². The lowest BCUT2D eigenvalue weighted by atomic mass is 9.83. The minimum atomic E-state index is -1.09. The molecule has 0 saturated carbocycles. The summed E-state index contributed by atoms with van der Waals surface area (Å²) >= 11 is 0. The Balaban J connectivity index is 1.99. The molecule has 1 atom stereocenters. The van der Waals surface area contributed by atoms with Crippen LogP contribution in [0.1, 0.15) is 57.6 Å². The molecule has 0 aliphatic heterocycles. The third-order valence-corrected chi connectivity index (χ3v) is 5.36. The van der Waals surface area contributed by atoms with Gasteiger partial charge in [-0.3, -0.25) is 0 Å². The highest BCUT2D eigenvalue weighted by Gasteiger charge is 2.32. The van der Waals surface area contributed by atoms with Crippen LogP contribution >= 0.6 is 0 Å². The third kappa shape index (κ3) is 6.22. The molecule has 0 aliphatic carbocycles. The molecule has 4 nitrogen and oxygen atoms in total. The normalized spacial score (nSPS) is 13.3. The first-order chi connectivity index (χ1) is 14.1. The zero-order valence-electron chi connectivity index (χ0n) is 18.5. The molecule has 160 valence electrons. The van der Waals surface area contributed by atoms with Crippen LogP contribution in [0, 0.1) is 0 Å². The fourth-order valence-corrected chi connectivity index (χ4v) is 3.81. The standard InChI is InChI=1S/C25H37NO3/c1-5-17-26(18-6-2)19-10-20-29-22-15-13-21(14-16-22)25(27,7-3)23-11-8-9-12-24(23)28-4/h8-9,11-16,27H,5-7,10,17-20H2,1-4H3. The van der Waals surface area contributed by atoms with Crippen molar-refractivity contribution in [2.75, 3.05) is 33.4 Å². The van der Waals surface area contributed by atoms with E-state index in [0.29, 0.717) is 18.8 Å². The van der Waals surface area contributed by atoms with Gasteiger partial charge in [0.25, 0.3) is 0 Å². The molecule has 0 radical (unpaired) electrons. The van der Waals surface area contributed by atoms with Gasteiger partial charge in [0, 0.05) is 12.1 Å². The van der Waals surface area contributed by atoms with Gasteiger partial charge in [0.15, 0.2) is 0 Å². The average molecular weight is 400 g/mol. The Labute approximate surface area is 176 Å². The first-order valence-electron chi connectivity index (χ1n) is 10.9. The van der Waals surface area contributed by atoms with E-state index >= 15 is 0 Å². The number of hydrogen-bond donors (Lipinski definition) is 1. The highest BCUT2D eigenvalue weighted by atomic mass is 16.5. The number of benzene rings is 2. The molecule has 29 heavy (non-hydrogen) atoms. The maximum atomic E-state index is 11.4. The highest BCUT2D eigenvalue weighted by Crippen LogP contribution is 2.38. The maximum Gasteiger partial charge on any atom is 0.125 e. The number of aliphatic hydroxyl groups is 1. The number of para-hydroxylation sites is 1. The molecule has 0 fully saturated rings. The lowest BCUT2D eigenvalue weighted by molar-refractivity contribution is 0.0736. The fourth-order valence-electron chi connectivity index (χ4n) is 3.81. The predicted octanol–water partition coefficient (Wildman–Crippen LogP) is 5.23. The van der Waals surface area contributed by atoms with Gasteiger partial charge in [-0.1, -0.05) is 51.1 Å². The molecule has 0 bridgehead atoms. The van der Waals surface area contributed by atoms with Crippen LogP contribution in [-0.2, 0) is 5.60 Å². The van der Waals surface area contributed by atoms with Crippen LogP contribution < -0.4 is 9.47 Å². The molecule has 2 rings (SSSR count). The van der Waals surface area contributed by atoms with Crippen LogP contribution in [0.3, 0.4) is 0 Å². The summed E-state index contributed by atoms with van der Waals surface area (Å²) in [7, 11) is 1.63. The summed E-state index contributed by atoms with van der Waals surface area (Å²) in [6.07, 6.45) is 3.95. The zero-order chi connectivity index (χ0) is 21.1. The summed E-state index contributed by atoms with van der Waals surface area (Å²) in [5.41, 5.74) is 0.533. The van der Waals surface area contributed by atoms with Crippen molar-refractivity contribution >= 4 is 0 Å². The van der Waals surface area contributed by atoms with Crippen LogP contribution in [-0.4, -0.2) is 43.4 Å². The number of ether oxygens (including phenoxy) is 2. The average Bonchev–Trinajstić information content (AvgIpc) is 2.76. The smallest absolute Gasteiger partial charge is 0.125 e. The summed E-state index contributed by atoms with van der Waals surface area (Å²) in [5, 5.41) is 11.4. The van der Waals surface area contributed by atoms with Gasteiger partial charge in [-0.05, 0) is 62.5 Å². The Kier molecular flexibility index (Phi) is 9.49. The van der Waals surface area contributed by atoms with Crippen LogP contribution in [0.25, 0.3) is 0 Å². The molecular formula is C25H37NO3. The highest BCUT2D eigenvalue weighted by molar-refractivity contribution is 5.45. The first-order valence-corrected chi connectivity index (χ1v) is 10.9. The fraction of sp³-hybridized carbons (Fsp3) is 0.520. The molecule has 0 aromatic heterocycles. The number of rotatable bonds is 13. The summed E-state index contributed by atoms with van der Waals surface area (Å²) in [4.78, 5) is 2.50. The third-order valence-electron chi connectivity index (χ3n) is 5.36. The van der Waals surface area contributed by atoms with Crippen molar-refractivity contribution in [1.82, 2.24) is 4.90 Å². The molecule has 2 aromatic rings. The van der Waals surface area contributed by atoms with Gasteiger partial charge >= 0.3 is 0 Å². The number of nitrogens with zero attached hydrogens (tertiary/aromatic N) is 1. The van der Waals surface area contributed by atoms with Crippen LogP contribution in [0.5, 0.6) is 11.5 Å². The Morgan fingerprint density at radius 1 is 0.897 bits per heavy atom. The van der Waals surface area contributed by atoms with Gasteiger partial charge in [0.05, 0.1) is 13.7 Å². The van der Waals surface area contributed by atoms with E-state index in [4.69, 9.17) is 9.47 Å². The monoisotopic (exact) mass is 399 g/mol. The van der Waals surface area contributed by atoms with E-state index < -0.39 is 5.60 Å². The largest absolute Gasteiger partial charge is 0.496 e. The van der Waals surface area contributed by atoms with Gasteiger partial charge in [-0.15, -0.1) is 0 Å². The summed E-state index contributed by atoms with van der Waals surface area (Å²) in [6, 6.07) is 15.4. The first kappa shape index (κ1) is 23.2. The molecular weight excluding hydrogens is 362 g/mol. The lowest BCUT2D eigenvalue weighted by Crippen LogP contribution is -2.27. The van der Waals surface area contributed by atoms with Crippen molar-refractivity contribution in [3.63, 3.8) is 0 Å². The number of hydrogen-bond acceptors (Lipinski definition) is 4. The summed E-state index contributed by atoms with van der Waals surface area (Å²) in [6.45, 7) is 10.5. The topological polar surface area (TPSA) is 41.9 Å². The maximum absolute atomic E-state index is 11.4. The number of methoxy groups -OCH3 is 1. The molecule has 0 heterocycles. The Morgan fingerprint density at radius 3 is 2.14 bits per heavy atom. The van der Waals surface area contributed by atoms with Crippen LogP contribution in [0.15, 0.2) is 48.5 Å². The van der Waals surface area contributed by atoms with E-state index in [2.05, 4.69) is 18.7 Å². The second-order valence-corrected chi connectivity index (χ2v) is 7.48. The lowest BCUT2D eigenvalue weighted by Gasteiger charge is -2.29. The molecule has 1 unspecified atom stereocenters. The molecule has 0 amide bonds. The molecule has 2 aromatic carbocycles. The van der Waals surface area contributed by atoms with E-state index in [1.807, 2.05) is 55.5 Å². The SMILES string of the molecule is CCCN(CCC)CCCOc1ccc(C(O)(CC)c2ccccc2OC)cc1. The molecule has 0 spiro atoms. The molecule has 0 aliphatic rings. The van der Waals surface area contributed by atoms with Gasteiger partial charge in [-0.2, -0.15) is 0 Å². The van der Waals surface area contributed by atoms with Gasteiger partial charge in [0.1, 0.15) is 17.1 Å².